The fourth-order valence-corrected chi connectivity index (χ4v) is 3.58. The highest BCUT2D eigenvalue weighted by atomic mass is 16.7. The first kappa shape index (κ1) is 17.4. The Morgan fingerprint density at radius 1 is 1.10 bits per heavy atom. The molecule has 0 aliphatic carbocycles. The molecule has 1 N–H and O–H groups in total. The SMILES string of the molecule is O=C(Nc1ccc2c(c1)OCO2)C1CCCN(c2cc(-n3cncn3)ncn2)C1. The summed E-state index contributed by atoms with van der Waals surface area (Å²) >= 11 is 0. The molecule has 10 heteroatoms. The minimum Gasteiger partial charge on any atom is -0.454 e. The van der Waals surface area contributed by atoms with E-state index in [4.69, 9.17) is 9.47 Å². The highest BCUT2D eigenvalue weighted by Crippen LogP contribution is 2.34. The van der Waals surface area contributed by atoms with Gasteiger partial charge in [0.25, 0.3) is 0 Å². The summed E-state index contributed by atoms with van der Waals surface area (Å²) in [4.78, 5) is 27.5. The van der Waals surface area contributed by atoms with Crippen LogP contribution in [0.4, 0.5) is 11.5 Å². The van der Waals surface area contributed by atoms with Crippen molar-refractivity contribution in [3.8, 4) is 17.3 Å². The molecule has 1 fully saturated rings. The summed E-state index contributed by atoms with van der Waals surface area (Å²) in [5.41, 5.74) is 0.701. The maximum absolute atomic E-state index is 12.8. The summed E-state index contributed by atoms with van der Waals surface area (Å²) in [7, 11) is 0. The number of aromatic nitrogens is 5. The van der Waals surface area contributed by atoms with Crippen molar-refractivity contribution < 1.29 is 14.3 Å². The molecule has 148 valence electrons. The van der Waals surface area contributed by atoms with Gasteiger partial charge in [-0.3, -0.25) is 4.79 Å². The summed E-state index contributed by atoms with van der Waals surface area (Å²) in [5, 5.41) is 7.09. The predicted molar refractivity (Wildman–Crippen MR) is 103 cm³/mol. The number of piperidine rings is 1. The van der Waals surface area contributed by atoms with Crippen LogP contribution in [0.1, 0.15) is 12.8 Å². The zero-order chi connectivity index (χ0) is 19.6. The standard InChI is InChI=1S/C19H19N7O3/c27-19(24-14-3-4-15-16(6-14)29-12-28-15)13-2-1-5-25(8-13)17-7-18(22-10-21-17)26-11-20-9-23-26/h3-4,6-7,9-11,13H,1-2,5,8,12H2,(H,24,27). The van der Waals surface area contributed by atoms with Crippen LogP contribution in [0.25, 0.3) is 5.82 Å². The Morgan fingerprint density at radius 3 is 2.90 bits per heavy atom. The van der Waals surface area contributed by atoms with Gasteiger partial charge in [-0.25, -0.2) is 19.6 Å². The maximum Gasteiger partial charge on any atom is 0.231 e. The summed E-state index contributed by atoms with van der Waals surface area (Å²) < 4.78 is 12.3. The first-order valence-corrected chi connectivity index (χ1v) is 9.39. The van der Waals surface area contributed by atoms with E-state index in [9.17, 15) is 4.79 Å². The van der Waals surface area contributed by atoms with Gasteiger partial charge in [0.1, 0.15) is 24.8 Å². The van der Waals surface area contributed by atoms with Crippen molar-refractivity contribution in [2.75, 3.05) is 30.1 Å². The van der Waals surface area contributed by atoms with Gasteiger partial charge >= 0.3 is 0 Å². The highest BCUT2D eigenvalue weighted by Gasteiger charge is 2.27. The van der Waals surface area contributed by atoms with Gasteiger partial charge in [0.15, 0.2) is 17.3 Å². The van der Waals surface area contributed by atoms with E-state index in [0.717, 1.165) is 25.2 Å². The Morgan fingerprint density at radius 2 is 2.00 bits per heavy atom. The number of rotatable bonds is 4. The number of carbonyl (C=O) groups is 1. The van der Waals surface area contributed by atoms with E-state index in [1.54, 1.807) is 23.1 Å². The van der Waals surface area contributed by atoms with E-state index in [2.05, 4.69) is 30.3 Å². The van der Waals surface area contributed by atoms with Gasteiger partial charge in [-0.15, -0.1) is 0 Å². The van der Waals surface area contributed by atoms with Crippen LogP contribution in [0.2, 0.25) is 0 Å². The first-order chi connectivity index (χ1) is 14.3. The largest absolute Gasteiger partial charge is 0.454 e. The molecule has 0 saturated carbocycles. The second-order valence-corrected chi connectivity index (χ2v) is 6.92. The monoisotopic (exact) mass is 393 g/mol. The molecule has 0 spiro atoms. The second kappa shape index (κ2) is 7.38. The molecule has 5 rings (SSSR count). The van der Waals surface area contributed by atoms with E-state index in [0.29, 0.717) is 29.5 Å². The van der Waals surface area contributed by atoms with Gasteiger partial charge in [0.05, 0.1) is 5.92 Å². The van der Waals surface area contributed by atoms with Crippen LogP contribution in [0.15, 0.2) is 43.2 Å². The zero-order valence-electron chi connectivity index (χ0n) is 15.6. The normalized spacial score (nSPS) is 17.9. The second-order valence-electron chi connectivity index (χ2n) is 6.92. The fourth-order valence-electron chi connectivity index (χ4n) is 3.58. The number of ether oxygens (including phenoxy) is 2. The highest BCUT2D eigenvalue weighted by molar-refractivity contribution is 5.93. The van der Waals surface area contributed by atoms with Crippen molar-refractivity contribution in [3.05, 3.63) is 43.2 Å². The Balaban J connectivity index is 1.28. The average Bonchev–Trinajstić information content (AvgIpc) is 3.46. The third-order valence-corrected chi connectivity index (χ3v) is 5.05. The summed E-state index contributed by atoms with van der Waals surface area (Å²) in [5.74, 6) is 2.59. The molecule has 0 radical (unpaired) electrons. The average molecular weight is 393 g/mol. The number of nitrogens with zero attached hydrogens (tertiary/aromatic N) is 6. The number of anilines is 2. The molecule has 2 aliphatic heterocycles. The minimum absolute atomic E-state index is 0.0147. The van der Waals surface area contributed by atoms with Crippen molar-refractivity contribution in [2.45, 2.75) is 12.8 Å². The van der Waals surface area contributed by atoms with Crippen LogP contribution < -0.4 is 19.7 Å². The number of hydrogen-bond acceptors (Lipinski definition) is 8. The summed E-state index contributed by atoms with van der Waals surface area (Å²) in [6, 6.07) is 7.26. The summed E-state index contributed by atoms with van der Waals surface area (Å²) in [6.45, 7) is 1.63. The smallest absolute Gasteiger partial charge is 0.231 e. The van der Waals surface area contributed by atoms with Crippen LogP contribution in [0.3, 0.4) is 0 Å². The lowest BCUT2D eigenvalue weighted by atomic mass is 9.97. The molecular formula is C19H19N7O3. The van der Waals surface area contributed by atoms with Crippen molar-refractivity contribution in [1.82, 2.24) is 24.7 Å². The molecule has 1 atom stereocenters. The quantitative estimate of drug-likeness (QED) is 0.713. The molecule has 1 aromatic carbocycles. The lowest BCUT2D eigenvalue weighted by Crippen LogP contribution is -2.41. The van der Waals surface area contributed by atoms with E-state index >= 15 is 0 Å². The topological polar surface area (TPSA) is 107 Å². The number of carbonyl (C=O) groups excluding carboxylic acids is 1. The number of nitrogens with one attached hydrogen (secondary N) is 1. The first-order valence-electron chi connectivity index (χ1n) is 9.39. The molecule has 29 heavy (non-hydrogen) atoms. The van der Waals surface area contributed by atoms with Crippen LogP contribution in [0, 0.1) is 5.92 Å². The Kier molecular flexibility index (Phi) is 4.43. The van der Waals surface area contributed by atoms with E-state index < -0.39 is 0 Å². The van der Waals surface area contributed by atoms with Gasteiger partial charge in [0.2, 0.25) is 12.7 Å². The number of hydrogen-bond donors (Lipinski definition) is 1. The van der Waals surface area contributed by atoms with E-state index in [1.807, 2.05) is 12.1 Å². The van der Waals surface area contributed by atoms with Gasteiger partial charge in [0, 0.05) is 30.9 Å². The van der Waals surface area contributed by atoms with Gasteiger partial charge in [-0.05, 0) is 25.0 Å². The van der Waals surface area contributed by atoms with E-state index in [1.165, 1.54) is 12.7 Å². The fraction of sp³-hybridized carbons (Fsp3) is 0.316. The Labute approximate surface area is 166 Å². The Bertz CT molecular complexity index is 1020. The molecule has 1 saturated heterocycles. The lowest BCUT2D eigenvalue weighted by molar-refractivity contribution is -0.120. The zero-order valence-corrected chi connectivity index (χ0v) is 15.6. The van der Waals surface area contributed by atoms with E-state index in [-0.39, 0.29) is 18.6 Å². The van der Waals surface area contributed by atoms with Crippen LogP contribution in [-0.4, -0.2) is 50.5 Å². The maximum atomic E-state index is 12.8. The van der Waals surface area contributed by atoms with Gasteiger partial charge < -0.3 is 19.7 Å². The third kappa shape index (κ3) is 3.56. The van der Waals surface area contributed by atoms with Gasteiger partial charge in [-0.2, -0.15) is 5.10 Å². The number of benzene rings is 1. The third-order valence-electron chi connectivity index (χ3n) is 5.05. The van der Waals surface area contributed by atoms with Crippen LogP contribution >= 0.6 is 0 Å². The van der Waals surface area contributed by atoms with Crippen molar-refractivity contribution in [3.63, 3.8) is 0 Å². The molecule has 1 unspecified atom stereocenters. The molecule has 4 heterocycles. The predicted octanol–water partition coefficient (Wildman–Crippen LogP) is 1.64. The van der Waals surface area contributed by atoms with Crippen molar-refractivity contribution >= 4 is 17.4 Å². The molecule has 3 aromatic rings. The Hall–Kier alpha value is -3.69. The molecule has 2 aromatic heterocycles. The van der Waals surface area contributed by atoms with Crippen LogP contribution in [0.5, 0.6) is 11.5 Å². The van der Waals surface area contributed by atoms with Crippen molar-refractivity contribution in [1.29, 1.82) is 0 Å². The van der Waals surface area contributed by atoms with Gasteiger partial charge in [-0.1, -0.05) is 0 Å². The summed E-state index contributed by atoms with van der Waals surface area (Å²) in [6.07, 6.45) is 6.28. The van der Waals surface area contributed by atoms with Crippen molar-refractivity contribution in [2.24, 2.45) is 5.92 Å². The molecular weight excluding hydrogens is 374 g/mol. The number of fused-ring (bicyclic) bond motifs is 1. The molecule has 10 nitrogen and oxygen atoms in total. The minimum atomic E-state index is -0.140. The molecule has 1 amide bonds. The number of amides is 1. The lowest BCUT2D eigenvalue weighted by Gasteiger charge is -2.32. The molecule has 2 aliphatic rings. The van der Waals surface area contributed by atoms with Crippen LogP contribution in [-0.2, 0) is 4.79 Å². The molecule has 0 bridgehead atoms.